The van der Waals surface area contributed by atoms with Gasteiger partial charge in [0.05, 0.1) is 6.54 Å². The van der Waals surface area contributed by atoms with Crippen molar-refractivity contribution in [3.05, 3.63) is 35.4 Å². The van der Waals surface area contributed by atoms with Crippen molar-refractivity contribution in [3.63, 3.8) is 0 Å². The van der Waals surface area contributed by atoms with Gasteiger partial charge in [0.2, 0.25) is 6.08 Å². The minimum absolute atomic E-state index is 0.336. The highest BCUT2D eigenvalue weighted by molar-refractivity contribution is 5.34. The molecule has 0 aliphatic carbocycles. The number of benzene rings is 1. The van der Waals surface area contributed by atoms with Crippen LogP contribution >= 0.6 is 0 Å². The van der Waals surface area contributed by atoms with Crippen molar-refractivity contribution in [3.8, 4) is 0 Å². The van der Waals surface area contributed by atoms with Gasteiger partial charge in [-0.15, -0.1) is 0 Å². The number of hydrogen-bond acceptors (Lipinski definition) is 4. The van der Waals surface area contributed by atoms with E-state index >= 15 is 0 Å². The van der Waals surface area contributed by atoms with E-state index in [9.17, 15) is 4.79 Å². The Balaban J connectivity index is 2.72. The maximum absolute atomic E-state index is 9.84. The first-order chi connectivity index (χ1) is 6.36. The van der Waals surface area contributed by atoms with Crippen LogP contribution in [0.2, 0.25) is 0 Å². The molecule has 0 heterocycles. The molecule has 0 aliphatic heterocycles. The normalized spacial score (nSPS) is 9.31. The van der Waals surface area contributed by atoms with Gasteiger partial charge in [-0.1, -0.05) is 24.3 Å². The first kappa shape index (κ1) is 9.61. The molecule has 1 aromatic rings. The molecule has 0 aliphatic rings. The topological polar surface area (TPSA) is 61.7 Å². The molecule has 0 fully saturated rings. The first-order valence-corrected chi connectivity index (χ1v) is 3.85. The van der Waals surface area contributed by atoms with E-state index in [0.29, 0.717) is 13.1 Å². The molecule has 0 amide bonds. The van der Waals surface area contributed by atoms with Crippen molar-refractivity contribution in [1.29, 1.82) is 0 Å². The van der Waals surface area contributed by atoms with Gasteiger partial charge in [0, 0.05) is 6.54 Å². The van der Waals surface area contributed by atoms with Crippen LogP contribution < -0.4 is 5.48 Å². The SMILES string of the molecule is O=C=NCc1cccc(CNO)c1. The smallest absolute Gasteiger partial charge is 0.235 e. The molecule has 0 unspecified atom stereocenters. The van der Waals surface area contributed by atoms with E-state index in [1.165, 1.54) is 6.08 Å². The molecule has 1 aromatic carbocycles. The van der Waals surface area contributed by atoms with Crippen LogP contribution in [0.15, 0.2) is 29.3 Å². The molecule has 0 aromatic heterocycles. The largest absolute Gasteiger partial charge is 0.316 e. The minimum Gasteiger partial charge on any atom is -0.316 e. The summed E-state index contributed by atoms with van der Waals surface area (Å²) in [4.78, 5) is 13.3. The Kier molecular flexibility index (Phi) is 3.85. The van der Waals surface area contributed by atoms with Gasteiger partial charge in [0.25, 0.3) is 0 Å². The van der Waals surface area contributed by atoms with Crippen molar-refractivity contribution in [2.75, 3.05) is 0 Å². The van der Waals surface area contributed by atoms with Crippen molar-refractivity contribution in [1.82, 2.24) is 5.48 Å². The number of rotatable bonds is 4. The molecule has 1 rings (SSSR count). The molecule has 0 radical (unpaired) electrons. The summed E-state index contributed by atoms with van der Waals surface area (Å²) in [6.45, 7) is 0.724. The van der Waals surface area contributed by atoms with E-state index in [0.717, 1.165) is 11.1 Å². The predicted molar refractivity (Wildman–Crippen MR) is 46.9 cm³/mol. The molecule has 0 spiro atoms. The van der Waals surface area contributed by atoms with Crippen LogP contribution in [0.3, 0.4) is 0 Å². The Hall–Kier alpha value is -1.48. The van der Waals surface area contributed by atoms with E-state index in [1.54, 1.807) is 0 Å². The van der Waals surface area contributed by atoms with E-state index < -0.39 is 0 Å². The van der Waals surface area contributed by atoms with E-state index in [2.05, 4.69) is 10.5 Å². The lowest BCUT2D eigenvalue weighted by atomic mass is 10.1. The molecule has 68 valence electrons. The summed E-state index contributed by atoms with van der Waals surface area (Å²) in [5.74, 6) is 0. The highest BCUT2D eigenvalue weighted by Crippen LogP contribution is 2.05. The number of carbonyl (C=O) groups excluding carboxylic acids is 1. The highest BCUT2D eigenvalue weighted by Gasteiger charge is 1.93. The van der Waals surface area contributed by atoms with Gasteiger partial charge >= 0.3 is 0 Å². The molecule has 0 bridgehead atoms. The summed E-state index contributed by atoms with van der Waals surface area (Å²) in [5.41, 5.74) is 3.93. The Labute approximate surface area is 75.9 Å². The fourth-order valence-electron chi connectivity index (χ4n) is 1.05. The maximum atomic E-state index is 9.84. The van der Waals surface area contributed by atoms with Crippen LogP contribution in [0.25, 0.3) is 0 Å². The molecule has 0 atom stereocenters. The standard InChI is InChI=1S/C9H10N2O2/c12-7-10-5-8-2-1-3-9(4-8)6-11-13/h1-4,11,13H,5-6H2. The van der Waals surface area contributed by atoms with Crippen LogP contribution in [0.1, 0.15) is 11.1 Å². The van der Waals surface area contributed by atoms with Crippen LogP contribution in [0.5, 0.6) is 0 Å². The van der Waals surface area contributed by atoms with Gasteiger partial charge in [-0.2, -0.15) is 0 Å². The number of hydrogen-bond donors (Lipinski definition) is 2. The lowest BCUT2D eigenvalue weighted by Crippen LogP contribution is -2.05. The summed E-state index contributed by atoms with van der Waals surface area (Å²) in [7, 11) is 0. The van der Waals surface area contributed by atoms with Gasteiger partial charge in [-0.3, -0.25) is 0 Å². The summed E-state index contributed by atoms with van der Waals surface area (Å²) in [5, 5.41) is 8.45. The molecule has 0 saturated carbocycles. The summed E-state index contributed by atoms with van der Waals surface area (Å²) in [6.07, 6.45) is 1.48. The van der Waals surface area contributed by atoms with Gasteiger partial charge in [-0.25, -0.2) is 15.3 Å². The van der Waals surface area contributed by atoms with Gasteiger partial charge in [0.15, 0.2) is 0 Å². The monoisotopic (exact) mass is 178 g/mol. The lowest BCUT2D eigenvalue weighted by Gasteiger charge is -2.00. The number of nitrogens with one attached hydrogen (secondary N) is 1. The molecule has 13 heavy (non-hydrogen) atoms. The molecule has 4 nitrogen and oxygen atoms in total. The van der Waals surface area contributed by atoms with Crippen LogP contribution in [-0.2, 0) is 17.9 Å². The number of aliphatic imine (C=N–C) groups is 1. The number of hydroxylamine groups is 1. The lowest BCUT2D eigenvalue weighted by molar-refractivity contribution is 0.161. The van der Waals surface area contributed by atoms with Crippen molar-refractivity contribution in [2.45, 2.75) is 13.1 Å². The Morgan fingerprint density at radius 2 is 2.23 bits per heavy atom. The zero-order chi connectivity index (χ0) is 9.52. The second-order valence-corrected chi connectivity index (χ2v) is 2.56. The Morgan fingerprint density at radius 1 is 1.46 bits per heavy atom. The average molecular weight is 178 g/mol. The average Bonchev–Trinajstić information content (AvgIpc) is 2.16. The molecule has 4 heteroatoms. The van der Waals surface area contributed by atoms with Gasteiger partial charge in [-0.05, 0) is 11.1 Å². The number of isocyanates is 1. The Bertz CT molecular complexity index is 319. The highest BCUT2D eigenvalue weighted by atomic mass is 16.5. The Morgan fingerprint density at radius 3 is 2.92 bits per heavy atom. The fraction of sp³-hybridized carbons (Fsp3) is 0.222. The maximum Gasteiger partial charge on any atom is 0.235 e. The predicted octanol–water partition coefficient (Wildman–Crippen LogP) is 1.00. The zero-order valence-corrected chi connectivity index (χ0v) is 7.03. The van der Waals surface area contributed by atoms with Gasteiger partial charge in [0.1, 0.15) is 0 Å². The van der Waals surface area contributed by atoms with Crippen LogP contribution in [-0.4, -0.2) is 11.3 Å². The molecule has 0 saturated heterocycles. The third-order valence-electron chi connectivity index (χ3n) is 1.60. The molecule has 2 N–H and O–H groups in total. The van der Waals surface area contributed by atoms with Crippen molar-refractivity contribution < 1.29 is 10.0 Å². The quantitative estimate of drug-likeness (QED) is 0.411. The second-order valence-electron chi connectivity index (χ2n) is 2.56. The van der Waals surface area contributed by atoms with Crippen LogP contribution in [0, 0.1) is 0 Å². The van der Waals surface area contributed by atoms with Gasteiger partial charge < -0.3 is 5.21 Å². The summed E-state index contributed by atoms with van der Waals surface area (Å²) >= 11 is 0. The van der Waals surface area contributed by atoms with Crippen LogP contribution in [0.4, 0.5) is 0 Å². The fourth-order valence-corrected chi connectivity index (χ4v) is 1.05. The van der Waals surface area contributed by atoms with E-state index in [-0.39, 0.29) is 0 Å². The van der Waals surface area contributed by atoms with E-state index in [1.807, 2.05) is 24.3 Å². The molecular weight excluding hydrogens is 168 g/mol. The first-order valence-electron chi connectivity index (χ1n) is 3.85. The van der Waals surface area contributed by atoms with E-state index in [4.69, 9.17) is 5.21 Å². The van der Waals surface area contributed by atoms with Crippen molar-refractivity contribution in [2.24, 2.45) is 4.99 Å². The third kappa shape index (κ3) is 3.17. The minimum atomic E-state index is 0.336. The third-order valence-corrected chi connectivity index (χ3v) is 1.60. The van der Waals surface area contributed by atoms with Crippen molar-refractivity contribution >= 4 is 6.08 Å². The second kappa shape index (κ2) is 5.22. The zero-order valence-electron chi connectivity index (χ0n) is 7.03. The summed E-state index contributed by atoms with van der Waals surface area (Å²) < 4.78 is 0. The number of nitrogens with zero attached hydrogens (tertiary/aromatic N) is 1. The molecular formula is C9H10N2O2. The summed E-state index contributed by atoms with van der Waals surface area (Å²) in [6, 6.07) is 7.45.